The van der Waals surface area contributed by atoms with Crippen LogP contribution in [0.25, 0.3) is 0 Å². The van der Waals surface area contributed by atoms with Crippen molar-refractivity contribution < 1.29 is 0 Å². The molecule has 0 heterocycles. The van der Waals surface area contributed by atoms with E-state index in [1.165, 1.54) is 11.1 Å². The van der Waals surface area contributed by atoms with E-state index in [2.05, 4.69) is 47.1 Å². The van der Waals surface area contributed by atoms with Gasteiger partial charge in [-0.15, -0.1) is 11.6 Å². The average Bonchev–Trinajstić information content (AvgIpc) is 2.31. The van der Waals surface area contributed by atoms with Crippen molar-refractivity contribution in [2.45, 2.75) is 18.7 Å². The Balaban J connectivity index is 2.16. The first-order chi connectivity index (χ1) is 8.54. The van der Waals surface area contributed by atoms with E-state index in [4.69, 9.17) is 23.2 Å². The Morgan fingerprint density at radius 3 is 2.39 bits per heavy atom. The third-order valence-electron chi connectivity index (χ3n) is 2.78. The van der Waals surface area contributed by atoms with Crippen LogP contribution in [-0.2, 0) is 6.42 Å². The lowest BCUT2D eigenvalue weighted by Crippen LogP contribution is -1.96. The van der Waals surface area contributed by atoms with Crippen molar-refractivity contribution in [3.63, 3.8) is 0 Å². The summed E-state index contributed by atoms with van der Waals surface area (Å²) in [4.78, 5) is 0. The third kappa shape index (κ3) is 3.74. The molecule has 1 unspecified atom stereocenters. The second kappa shape index (κ2) is 6.10. The minimum atomic E-state index is -0.0669. The van der Waals surface area contributed by atoms with Gasteiger partial charge < -0.3 is 0 Å². The highest BCUT2D eigenvalue weighted by molar-refractivity contribution is 9.10. The Labute approximate surface area is 126 Å². The SMILES string of the molecule is Cc1ccc(CC(Cl)c2cc(Cl)cc(Br)c2)cc1. The molecule has 0 aliphatic heterocycles. The predicted molar refractivity (Wildman–Crippen MR) is 82.6 cm³/mol. The van der Waals surface area contributed by atoms with Gasteiger partial charge in [-0.05, 0) is 42.7 Å². The summed E-state index contributed by atoms with van der Waals surface area (Å²) in [6, 6.07) is 14.2. The van der Waals surface area contributed by atoms with E-state index in [-0.39, 0.29) is 5.38 Å². The Morgan fingerprint density at radius 2 is 1.78 bits per heavy atom. The standard InChI is InChI=1S/C15H13BrCl2/c1-10-2-4-11(5-3-10)6-15(18)12-7-13(16)9-14(17)8-12/h2-5,7-9,15H,6H2,1H3. The molecule has 0 aromatic heterocycles. The van der Waals surface area contributed by atoms with Gasteiger partial charge in [0.25, 0.3) is 0 Å². The molecule has 0 saturated carbocycles. The maximum Gasteiger partial charge on any atom is 0.0626 e. The molecular weight excluding hydrogens is 331 g/mol. The quantitative estimate of drug-likeness (QED) is 0.605. The highest BCUT2D eigenvalue weighted by atomic mass is 79.9. The Hall–Kier alpha value is -0.500. The van der Waals surface area contributed by atoms with Gasteiger partial charge in [0.15, 0.2) is 0 Å². The number of rotatable bonds is 3. The maximum atomic E-state index is 6.45. The summed E-state index contributed by atoms with van der Waals surface area (Å²) in [5.74, 6) is 0. The monoisotopic (exact) mass is 342 g/mol. The molecule has 0 radical (unpaired) electrons. The average molecular weight is 344 g/mol. The van der Waals surface area contributed by atoms with Crippen LogP contribution in [0.2, 0.25) is 5.02 Å². The number of halogens is 3. The maximum absolute atomic E-state index is 6.45. The van der Waals surface area contributed by atoms with Crippen LogP contribution in [0.5, 0.6) is 0 Å². The van der Waals surface area contributed by atoms with Gasteiger partial charge in [-0.1, -0.05) is 57.4 Å². The second-order valence-electron chi connectivity index (χ2n) is 4.36. The summed E-state index contributed by atoms with van der Waals surface area (Å²) < 4.78 is 0.958. The molecule has 0 fully saturated rings. The van der Waals surface area contributed by atoms with Crippen LogP contribution in [0.4, 0.5) is 0 Å². The smallest absolute Gasteiger partial charge is 0.0626 e. The summed E-state index contributed by atoms with van der Waals surface area (Å²) >= 11 is 15.9. The number of hydrogen-bond donors (Lipinski definition) is 0. The summed E-state index contributed by atoms with van der Waals surface area (Å²) in [6.45, 7) is 2.08. The number of alkyl halides is 1. The fourth-order valence-electron chi connectivity index (χ4n) is 1.80. The minimum absolute atomic E-state index is 0.0669. The molecule has 2 aromatic rings. The highest BCUT2D eigenvalue weighted by Gasteiger charge is 2.10. The lowest BCUT2D eigenvalue weighted by molar-refractivity contribution is 0.918. The van der Waals surface area contributed by atoms with Crippen LogP contribution in [0.3, 0.4) is 0 Å². The van der Waals surface area contributed by atoms with Crippen molar-refractivity contribution in [1.82, 2.24) is 0 Å². The number of aryl methyl sites for hydroxylation is 1. The highest BCUT2D eigenvalue weighted by Crippen LogP contribution is 2.30. The van der Waals surface area contributed by atoms with Gasteiger partial charge in [-0.2, -0.15) is 0 Å². The van der Waals surface area contributed by atoms with Gasteiger partial charge in [0, 0.05) is 9.50 Å². The van der Waals surface area contributed by atoms with E-state index in [1.54, 1.807) is 0 Å². The zero-order valence-corrected chi connectivity index (χ0v) is 13.1. The Morgan fingerprint density at radius 1 is 1.11 bits per heavy atom. The molecule has 0 aliphatic rings. The first-order valence-corrected chi connectivity index (χ1v) is 7.31. The van der Waals surface area contributed by atoms with Crippen LogP contribution in [0.15, 0.2) is 46.9 Å². The summed E-state index contributed by atoms with van der Waals surface area (Å²) in [6.07, 6.45) is 0.800. The minimum Gasteiger partial charge on any atom is -0.117 e. The van der Waals surface area contributed by atoms with E-state index in [0.29, 0.717) is 5.02 Å². The van der Waals surface area contributed by atoms with Crippen LogP contribution >= 0.6 is 39.1 Å². The normalized spacial score (nSPS) is 12.4. The lowest BCUT2D eigenvalue weighted by Gasteiger charge is -2.11. The molecule has 0 amide bonds. The van der Waals surface area contributed by atoms with E-state index in [0.717, 1.165) is 16.5 Å². The number of benzene rings is 2. The third-order valence-corrected chi connectivity index (χ3v) is 3.86. The zero-order chi connectivity index (χ0) is 13.1. The molecule has 0 aliphatic carbocycles. The second-order valence-corrected chi connectivity index (χ2v) is 6.24. The van der Waals surface area contributed by atoms with Crippen molar-refractivity contribution in [1.29, 1.82) is 0 Å². The largest absolute Gasteiger partial charge is 0.117 e. The molecule has 3 heteroatoms. The van der Waals surface area contributed by atoms with Crippen molar-refractivity contribution in [2.75, 3.05) is 0 Å². The molecule has 0 spiro atoms. The number of hydrogen-bond acceptors (Lipinski definition) is 0. The van der Waals surface area contributed by atoms with Crippen LogP contribution < -0.4 is 0 Å². The van der Waals surface area contributed by atoms with Gasteiger partial charge >= 0.3 is 0 Å². The van der Waals surface area contributed by atoms with Gasteiger partial charge in [0.05, 0.1) is 5.38 Å². The fraction of sp³-hybridized carbons (Fsp3) is 0.200. The zero-order valence-electron chi connectivity index (χ0n) is 9.96. The topological polar surface area (TPSA) is 0 Å². The molecule has 94 valence electrons. The van der Waals surface area contributed by atoms with Gasteiger partial charge in [-0.25, -0.2) is 0 Å². The molecule has 0 saturated heterocycles. The summed E-state index contributed by atoms with van der Waals surface area (Å²) in [5.41, 5.74) is 3.53. The molecule has 2 aromatic carbocycles. The first kappa shape index (κ1) is 13.9. The van der Waals surface area contributed by atoms with E-state index >= 15 is 0 Å². The summed E-state index contributed by atoms with van der Waals surface area (Å²) in [7, 11) is 0. The van der Waals surface area contributed by atoms with Gasteiger partial charge in [0.2, 0.25) is 0 Å². The lowest BCUT2D eigenvalue weighted by atomic mass is 10.0. The first-order valence-electron chi connectivity index (χ1n) is 5.70. The van der Waals surface area contributed by atoms with E-state index < -0.39 is 0 Å². The molecule has 2 rings (SSSR count). The van der Waals surface area contributed by atoms with Crippen LogP contribution in [0.1, 0.15) is 22.1 Å². The molecule has 0 bridgehead atoms. The molecule has 1 atom stereocenters. The van der Waals surface area contributed by atoms with Crippen molar-refractivity contribution in [3.05, 3.63) is 68.7 Å². The van der Waals surface area contributed by atoms with E-state index in [9.17, 15) is 0 Å². The molecule has 18 heavy (non-hydrogen) atoms. The summed E-state index contributed by atoms with van der Waals surface area (Å²) in [5, 5.41) is 0.636. The molecule has 0 nitrogen and oxygen atoms in total. The Kier molecular flexibility index (Phi) is 4.71. The van der Waals surface area contributed by atoms with Gasteiger partial charge in [0.1, 0.15) is 0 Å². The van der Waals surface area contributed by atoms with Crippen molar-refractivity contribution in [2.24, 2.45) is 0 Å². The van der Waals surface area contributed by atoms with Crippen molar-refractivity contribution >= 4 is 39.1 Å². The van der Waals surface area contributed by atoms with Crippen LogP contribution in [0, 0.1) is 6.92 Å². The Bertz CT molecular complexity index is 514. The van der Waals surface area contributed by atoms with Crippen molar-refractivity contribution in [3.8, 4) is 0 Å². The molecule has 0 N–H and O–H groups in total. The fourth-order valence-corrected chi connectivity index (χ4v) is 3.00. The van der Waals surface area contributed by atoms with E-state index in [1.807, 2.05) is 18.2 Å². The van der Waals surface area contributed by atoms with Crippen LogP contribution in [-0.4, -0.2) is 0 Å². The predicted octanol–water partition coefficient (Wildman–Crippen LogP) is 5.93. The molecular formula is C15H13BrCl2. The van der Waals surface area contributed by atoms with Gasteiger partial charge in [-0.3, -0.25) is 0 Å².